The van der Waals surface area contributed by atoms with Crippen LogP contribution in [0, 0.1) is 5.92 Å². The third-order valence-electron chi connectivity index (χ3n) is 8.20. The van der Waals surface area contributed by atoms with Crippen molar-refractivity contribution < 1.29 is 14.4 Å². The molecule has 3 aromatic carbocycles. The third kappa shape index (κ3) is 3.32. The molecule has 1 N–H and O–H groups in total. The number of hydrogen-bond acceptors (Lipinski definition) is 5. The highest BCUT2D eigenvalue weighted by Crippen LogP contribution is 2.62. The molecule has 39 heavy (non-hydrogen) atoms. The molecule has 4 aromatic rings. The van der Waals surface area contributed by atoms with E-state index in [1.807, 2.05) is 77.8 Å². The number of fused-ring (bicyclic) bond motifs is 6. The Labute approximate surface area is 233 Å². The molecule has 1 fully saturated rings. The van der Waals surface area contributed by atoms with E-state index in [1.54, 1.807) is 30.5 Å². The van der Waals surface area contributed by atoms with Crippen LogP contribution in [0.2, 0.25) is 0 Å². The van der Waals surface area contributed by atoms with Gasteiger partial charge in [0, 0.05) is 39.9 Å². The van der Waals surface area contributed by atoms with E-state index < -0.39 is 23.4 Å². The van der Waals surface area contributed by atoms with Crippen LogP contribution in [0.4, 0.5) is 5.69 Å². The van der Waals surface area contributed by atoms with Gasteiger partial charge in [-0.1, -0.05) is 70.5 Å². The van der Waals surface area contributed by atoms with Crippen molar-refractivity contribution in [1.29, 1.82) is 0 Å². The predicted molar refractivity (Wildman–Crippen MR) is 151 cm³/mol. The van der Waals surface area contributed by atoms with Crippen LogP contribution in [0.1, 0.15) is 43.4 Å². The molecule has 0 unspecified atom stereocenters. The summed E-state index contributed by atoms with van der Waals surface area (Å²) in [5.74, 6) is -1.79. The van der Waals surface area contributed by atoms with Gasteiger partial charge in [-0.3, -0.25) is 19.4 Å². The zero-order valence-electron chi connectivity index (χ0n) is 20.6. The zero-order valence-corrected chi connectivity index (χ0v) is 22.2. The number of benzene rings is 3. The first-order chi connectivity index (χ1) is 19.0. The molecule has 190 valence electrons. The Hall–Kier alpha value is -4.36. The van der Waals surface area contributed by atoms with Crippen molar-refractivity contribution in [2.24, 2.45) is 5.92 Å². The standard InChI is InChI=1S/C32H22BrN3O3/c33-22-13-11-20(12-14-22)29(38)27-26(28(37)21-7-5-16-34-18-21)32(24-9-3-4-10-25(24)35-31(32)39)30-23-8-2-1-6-19(23)15-17-36(27)30/h1-18,26-27,30H,(H,35,39)/t26-,27+,30+,32-/m1/s1. The van der Waals surface area contributed by atoms with E-state index in [0.29, 0.717) is 16.8 Å². The van der Waals surface area contributed by atoms with Crippen LogP contribution in [-0.4, -0.2) is 33.4 Å². The Morgan fingerprint density at radius 2 is 1.64 bits per heavy atom. The van der Waals surface area contributed by atoms with E-state index in [1.165, 1.54) is 6.20 Å². The van der Waals surface area contributed by atoms with Crippen molar-refractivity contribution in [3.05, 3.63) is 136 Å². The van der Waals surface area contributed by atoms with Gasteiger partial charge in [0.2, 0.25) is 5.91 Å². The second-order valence-corrected chi connectivity index (χ2v) is 11.0. The van der Waals surface area contributed by atoms with Gasteiger partial charge in [0.15, 0.2) is 11.6 Å². The Kier molecular flexibility index (Phi) is 5.39. The molecule has 6 nitrogen and oxygen atoms in total. The van der Waals surface area contributed by atoms with Gasteiger partial charge in [-0.2, -0.15) is 0 Å². The van der Waals surface area contributed by atoms with Gasteiger partial charge in [-0.25, -0.2) is 0 Å². The predicted octanol–water partition coefficient (Wildman–Crippen LogP) is 5.83. The molecular weight excluding hydrogens is 554 g/mol. The molecule has 0 aliphatic carbocycles. The number of amides is 1. The van der Waals surface area contributed by atoms with Crippen LogP contribution in [-0.2, 0) is 10.2 Å². The lowest BCUT2D eigenvalue weighted by atomic mass is 9.62. The monoisotopic (exact) mass is 575 g/mol. The second-order valence-electron chi connectivity index (χ2n) is 10.1. The minimum absolute atomic E-state index is 0.215. The normalized spacial score (nSPS) is 24.2. The number of Topliss-reactive ketones (excluding diaryl/α,β-unsaturated/α-hetero) is 2. The Morgan fingerprint density at radius 1 is 0.872 bits per heavy atom. The smallest absolute Gasteiger partial charge is 0.238 e. The Balaban J connectivity index is 1.54. The summed E-state index contributed by atoms with van der Waals surface area (Å²) in [5, 5.41) is 3.06. The summed E-state index contributed by atoms with van der Waals surface area (Å²) < 4.78 is 0.846. The van der Waals surface area contributed by atoms with Crippen LogP contribution in [0.5, 0.6) is 0 Å². The number of carbonyl (C=O) groups is 3. The topological polar surface area (TPSA) is 79.4 Å². The molecule has 3 aliphatic rings. The molecule has 7 rings (SSSR count). The molecule has 1 saturated heterocycles. The van der Waals surface area contributed by atoms with Gasteiger partial charge in [0.05, 0.1) is 12.0 Å². The van der Waals surface area contributed by atoms with E-state index in [0.717, 1.165) is 21.2 Å². The summed E-state index contributed by atoms with van der Waals surface area (Å²) in [6.45, 7) is 0. The molecule has 4 atom stereocenters. The third-order valence-corrected chi connectivity index (χ3v) is 8.72. The summed E-state index contributed by atoms with van der Waals surface area (Å²) >= 11 is 3.44. The number of carbonyl (C=O) groups excluding carboxylic acids is 3. The second kappa shape index (κ2) is 8.85. The van der Waals surface area contributed by atoms with E-state index in [-0.39, 0.29) is 17.5 Å². The van der Waals surface area contributed by atoms with Crippen molar-refractivity contribution in [3.8, 4) is 0 Å². The highest BCUT2D eigenvalue weighted by Gasteiger charge is 2.70. The van der Waals surface area contributed by atoms with Crippen molar-refractivity contribution >= 4 is 45.2 Å². The lowest BCUT2D eigenvalue weighted by molar-refractivity contribution is -0.122. The molecule has 0 saturated carbocycles. The average molecular weight is 576 g/mol. The van der Waals surface area contributed by atoms with Crippen LogP contribution >= 0.6 is 15.9 Å². The van der Waals surface area contributed by atoms with Crippen molar-refractivity contribution in [2.45, 2.75) is 17.5 Å². The Bertz CT molecular complexity index is 1680. The fraction of sp³-hybridized carbons (Fsp3) is 0.125. The number of para-hydroxylation sites is 1. The number of nitrogens with zero attached hydrogens (tertiary/aromatic N) is 2. The first kappa shape index (κ1) is 23.7. The van der Waals surface area contributed by atoms with Crippen LogP contribution in [0.3, 0.4) is 0 Å². The van der Waals surface area contributed by atoms with Gasteiger partial charge >= 0.3 is 0 Å². The molecule has 0 radical (unpaired) electrons. The highest BCUT2D eigenvalue weighted by atomic mass is 79.9. The van der Waals surface area contributed by atoms with Gasteiger partial charge < -0.3 is 10.2 Å². The minimum Gasteiger partial charge on any atom is -0.358 e. The van der Waals surface area contributed by atoms with Gasteiger partial charge in [-0.05, 0) is 53.1 Å². The summed E-state index contributed by atoms with van der Waals surface area (Å²) in [7, 11) is 0. The number of halogens is 1. The first-order valence-electron chi connectivity index (χ1n) is 12.7. The number of rotatable bonds is 4. The largest absolute Gasteiger partial charge is 0.358 e. The lowest BCUT2D eigenvalue weighted by Gasteiger charge is -2.38. The van der Waals surface area contributed by atoms with E-state index >= 15 is 0 Å². The molecule has 7 heteroatoms. The lowest BCUT2D eigenvalue weighted by Crippen LogP contribution is -2.49. The molecule has 0 bridgehead atoms. The summed E-state index contributed by atoms with van der Waals surface area (Å²) in [6, 6.07) is 24.4. The summed E-state index contributed by atoms with van der Waals surface area (Å²) in [6.07, 6.45) is 6.94. The van der Waals surface area contributed by atoms with Crippen molar-refractivity contribution in [3.63, 3.8) is 0 Å². The number of anilines is 1. The maximum atomic E-state index is 14.6. The van der Waals surface area contributed by atoms with Gasteiger partial charge in [-0.15, -0.1) is 0 Å². The Morgan fingerprint density at radius 3 is 2.44 bits per heavy atom. The maximum absolute atomic E-state index is 14.6. The van der Waals surface area contributed by atoms with Gasteiger partial charge in [0.1, 0.15) is 11.5 Å². The average Bonchev–Trinajstić information content (AvgIpc) is 3.45. The fourth-order valence-electron chi connectivity index (χ4n) is 6.64. The quantitative estimate of drug-likeness (QED) is 0.310. The molecule has 1 amide bonds. The number of ketones is 2. The SMILES string of the molecule is O=C(c1ccc(Br)cc1)[C@@H]1[C@H](C(=O)c2cccnc2)[C@@]2(C(=O)Nc3ccccc32)[C@@H]2c3ccccc3C=CN12. The fourth-order valence-corrected chi connectivity index (χ4v) is 6.91. The van der Waals surface area contributed by atoms with Gasteiger partial charge in [0.25, 0.3) is 0 Å². The molecule has 3 aliphatic heterocycles. The van der Waals surface area contributed by atoms with E-state index in [2.05, 4.69) is 26.2 Å². The van der Waals surface area contributed by atoms with Crippen LogP contribution < -0.4 is 5.32 Å². The number of nitrogens with one attached hydrogen (secondary N) is 1. The van der Waals surface area contributed by atoms with Crippen molar-refractivity contribution in [2.75, 3.05) is 5.32 Å². The number of pyridine rings is 1. The molecule has 1 aromatic heterocycles. The number of hydrogen-bond donors (Lipinski definition) is 1. The molecule has 4 heterocycles. The maximum Gasteiger partial charge on any atom is 0.238 e. The summed E-state index contributed by atoms with van der Waals surface area (Å²) in [5.41, 5.74) is 2.74. The van der Waals surface area contributed by atoms with E-state index in [9.17, 15) is 14.4 Å². The van der Waals surface area contributed by atoms with E-state index in [4.69, 9.17) is 0 Å². The van der Waals surface area contributed by atoms with Crippen molar-refractivity contribution in [1.82, 2.24) is 9.88 Å². The minimum atomic E-state index is -1.35. The number of aromatic nitrogens is 1. The van der Waals surface area contributed by atoms with Crippen LogP contribution in [0.25, 0.3) is 6.08 Å². The molecule has 1 spiro atoms. The zero-order chi connectivity index (χ0) is 26.7. The summed E-state index contributed by atoms with van der Waals surface area (Å²) in [4.78, 5) is 49.5. The van der Waals surface area contributed by atoms with Crippen LogP contribution in [0.15, 0.2) is 108 Å². The highest BCUT2D eigenvalue weighted by molar-refractivity contribution is 9.10. The first-order valence-corrected chi connectivity index (χ1v) is 13.5. The molecular formula is C32H22BrN3O3.